The summed E-state index contributed by atoms with van der Waals surface area (Å²) in [5.41, 5.74) is -0.444. The molecule has 0 aliphatic carbocycles. The van der Waals surface area contributed by atoms with Gasteiger partial charge in [-0.1, -0.05) is 0 Å². The van der Waals surface area contributed by atoms with E-state index in [1.165, 1.54) is 0 Å². The first-order chi connectivity index (χ1) is 6.44. The van der Waals surface area contributed by atoms with Gasteiger partial charge in [0.25, 0.3) is 0 Å². The molecule has 1 atom stereocenters. The van der Waals surface area contributed by atoms with E-state index in [4.69, 9.17) is 9.84 Å². The molecule has 0 aromatic rings. The summed E-state index contributed by atoms with van der Waals surface area (Å²) >= 11 is 0. The summed E-state index contributed by atoms with van der Waals surface area (Å²) in [4.78, 5) is 13.4. The summed E-state index contributed by atoms with van der Waals surface area (Å²) in [6, 6.07) is -0.251. The third kappa shape index (κ3) is 2.96. The second-order valence-electron chi connectivity index (χ2n) is 4.65. The first-order valence-electron chi connectivity index (χ1n) is 5.02. The normalized spacial score (nSPS) is 23.9. The highest BCUT2D eigenvalue weighted by atomic mass is 16.6. The SMILES string of the molecule is CC(C)(C)OC(=O)[C@H]1CCCN1CO. The number of hydrogen-bond donors (Lipinski definition) is 1. The quantitative estimate of drug-likeness (QED) is 0.669. The number of nitrogens with zero attached hydrogens (tertiary/aromatic N) is 1. The van der Waals surface area contributed by atoms with E-state index in [0.29, 0.717) is 0 Å². The molecule has 4 heteroatoms. The van der Waals surface area contributed by atoms with Crippen molar-refractivity contribution in [2.75, 3.05) is 13.3 Å². The Labute approximate surface area is 84.8 Å². The summed E-state index contributed by atoms with van der Waals surface area (Å²) < 4.78 is 5.26. The van der Waals surface area contributed by atoms with Crippen molar-refractivity contribution in [3.8, 4) is 0 Å². The summed E-state index contributed by atoms with van der Waals surface area (Å²) in [6.45, 7) is 6.26. The van der Waals surface area contributed by atoms with Gasteiger partial charge in [-0.3, -0.25) is 9.69 Å². The van der Waals surface area contributed by atoms with Crippen LogP contribution in [0.15, 0.2) is 0 Å². The maximum Gasteiger partial charge on any atom is 0.323 e. The number of carbonyl (C=O) groups is 1. The molecule has 1 aliphatic heterocycles. The van der Waals surface area contributed by atoms with Gasteiger partial charge in [0.15, 0.2) is 0 Å². The Kier molecular flexibility index (Phi) is 3.50. The molecule has 0 radical (unpaired) electrons. The average Bonchev–Trinajstić information content (AvgIpc) is 2.47. The van der Waals surface area contributed by atoms with E-state index >= 15 is 0 Å². The third-order valence-electron chi connectivity index (χ3n) is 2.22. The fraction of sp³-hybridized carbons (Fsp3) is 0.900. The number of rotatable bonds is 2. The summed E-state index contributed by atoms with van der Waals surface area (Å²) in [5.74, 6) is -0.218. The van der Waals surface area contributed by atoms with Gasteiger partial charge in [0.2, 0.25) is 0 Å². The second kappa shape index (κ2) is 4.28. The Morgan fingerprint density at radius 2 is 2.21 bits per heavy atom. The molecule has 0 saturated carbocycles. The molecule has 0 bridgehead atoms. The lowest BCUT2D eigenvalue weighted by atomic mass is 10.1. The molecular weight excluding hydrogens is 182 g/mol. The van der Waals surface area contributed by atoms with Crippen molar-refractivity contribution in [1.29, 1.82) is 0 Å². The van der Waals surface area contributed by atoms with Crippen LogP contribution in [0.2, 0.25) is 0 Å². The van der Waals surface area contributed by atoms with Gasteiger partial charge in [-0.25, -0.2) is 0 Å². The largest absolute Gasteiger partial charge is 0.459 e. The maximum atomic E-state index is 11.7. The molecule has 1 rings (SSSR count). The predicted molar refractivity (Wildman–Crippen MR) is 52.7 cm³/mol. The van der Waals surface area contributed by atoms with Gasteiger partial charge in [0.05, 0.1) is 6.73 Å². The highest BCUT2D eigenvalue weighted by Gasteiger charge is 2.33. The summed E-state index contributed by atoms with van der Waals surface area (Å²) in [6.07, 6.45) is 1.74. The van der Waals surface area contributed by atoms with Crippen molar-refractivity contribution < 1.29 is 14.6 Å². The number of ether oxygens (including phenoxy) is 1. The molecule has 1 fully saturated rings. The Balaban J connectivity index is 2.52. The Morgan fingerprint density at radius 1 is 1.57 bits per heavy atom. The van der Waals surface area contributed by atoms with Gasteiger partial charge in [-0.15, -0.1) is 0 Å². The van der Waals surface area contributed by atoms with Crippen molar-refractivity contribution in [3.05, 3.63) is 0 Å². The number of aliphatic hydroxyl groups excluding tert-OH is 1. The van der Waals surface area contributed by atoms with Crippen molar-refractivity contribution in [1.82, 2.24) is 4.90 Å². The van der Waals surface area contributed by atoms with Crippen LogP contribution in [-0.4, -0.2) is 40.9 Å². The van der Waals surface area contributed by atoms with E-state index in [2.05, 4.69) is 0 Å². The zero-order valence-corrected chi connectivity index (χ0v) is 9.12. The lowest BCUT2D eigenvalue weighted by molar-refractivity contribution is -0.161. The van der Waals surface area contributed by atoms with E-state index < -0.39 is 5.60 Å². The van der Waals surface area contributed by atoms with Crippen LogP contribution in [0.4, 0.5) is 0 Å². The van der Waals surface area contributed by atoms with Crippen LogP contribution in [0.1, 0.15) is 33.6 Å². The van der Waals surface area contributed by atoms with Crippen LogP contribution in [0.5, 0.6) is 0 Å². The average molecular weight is 201 g/mol. The number of likely N-dealkylation sites (tertiary alicyclic amines) is 1. The molecule has 1 saturated heterocycles. The Bertz CT molecular complexity index is 210. The molecule has 0 amide bonds. The molecule has 1 N–H and O–H groups in total. The minimum Gasteiger partial charge on any atom is -0.459 e. The van der Waals surface area contributed by atoms with E-state index in [1.54, 1.807) is 4.90 Å². The lowest BCUT2D eigenvalue weighted by Crippen LogP contribution is -2.40. The van der Waals surface area contributed by atoms with E-state index in [-0.39, 0.29) is 18.7 Å². The fourth-order valence-corrected chi connectivity index (χ4v) is 1.63. The monoisotopic (exact) mass is 201 g/mol. The highest BCUT2D eigenvalue weighted by molar-refractivity contribution is 5.76. The van der Waals surface area contributed by atoms with Crippen molar-refractivity contribution in [2.45, 2.75) is 45.3 Å². The first-order valence-corrected chi connectivity index (χ1v) is 5.02. The Morgan fingerprint density at radius 3 is 2.71 bits per heavy atom. The van der Waals surface area contributed by atoms with Crippen molar-refractivity contribution in [2.24, 2.45) is 0 Å². The predicted octanol–water partition coefficient (Wildman–Crippen LogP) is 0.742. The fourth-order valence-electron chi connectivity index (χ4n) is 1.63. The molecular formula is C10H19NO3. The van der Waals surface area contributed by atoms with E-state index in [1.807, 2.05) is 20.8 Å². The van der Waals surface area contributed by atoms with Crippen molar-refractivity contribution in [3.63, 3.8) is 0 Å². The van der Waals surface area contributed by atoms with Crippen LogP contribution in [0, 0.1) is 0 Å². The smallest absolute Gasteiger partial charge is 0.323 e. The van der Waals surface area contributed by atoms with Gasteiger partial charge < -0.3 is 9.84 Å². The van der Waals surface area contributed by atoms with Crippen LogP contribution in [0.25, 0.3) is 0 Å². The molecule has 0 spiro atoms. The molecule has 0 unspecified atom stereocenters. The molecule has 0 aromatic heterocycles. The van der Waals surface area contributed by atoms with Gasteiger partial charge >= 0.3 is 5.97 Å². The second-order valence-corrected chi connectivity index (χ2v) is 4.65. The lowest BCUT2D eigenvalue weighted by Gasteiger charge is -2.25. The number of carbonyl (C=O) groups excluding carboxylic acids is 1. The van der Waals surface area contributed by atoms with Gasteiger partial charge in [0, 0.05) is 6.54 Å². The van der Waals surface area contributed by atoms with E-state index in [0.717, 1.165) is 19.4 Å². The molecule has 14 heavy (non-hydrogen) atoms. The standard InChI is InChI=1S/C10H19NO3/c1-10(2,3)14-9(13)8-5-4-6-11(8)7-12/h8,12H,4-7H2,1-3H3/t8-/m1/s1. The zero-order valence-electron chi connectivity index (χ0n) is 9.12. The molecule has 4 nitrogen and oxygen atoms in total. The van der Waals surface area contributed by atoms with Crippen LogP contribution < -0.4 is 0 Å². The topological polar surface area (TPSA) is 49.8 Å². The minimum absolute atomic E-state index is 0.0656. The van der Waals surface area contributed by atoms with Gasteiger partial charge in [0.1, 0.15) is 11.6 Å². The zero-order chi connectivity index (χ0) is 10.8. The molecule has 82 valence electrons. The maximum absolute atomic E-state index is 11.7. The van der Waals surface area contributed by atoms with Gasteiger partial charge in [-0.05, 0) is 33.6 Å². The third-order valence-corrected chi connectivity index (χ3v) is 2.22. The first kappa shape index (κ1) is 11.5. The minimum atomic E-state index is -0.444. The van der Waals surface area contributed by atoms with Crippen LogP contribution >= 0.6 is 0 Å². The number of esters is 1. The summed E-state index contributed by atoms with van der Waals surface area (Å²) in [7, 11) is 0. The molecule has 0 aromatic carbocycles. The summed E-state index contributed by atoms with van der Waals surface area (Å²) in [5, 5.41) is 9.00. The van der Waals surface area contributed by atoms with E-state index in [9.17, 15) is 4.79 Å². The molecule has 1 heterocycles. The van der Waals surface area contributed by atoms with Gasteiger partial charge in [-0.2, -0.15) is 0 Å². The number of aliphatic hydroxyl groups is 1. The van der Waals surface area contributed by atoms with Crippen molar-refractivity contribution >= 4 is 5.97 Å². The van der Waals surface area contributed by atoms with Crippen LogP contribution in [-0.2, 0) is 9.53 Å². The van der Waals surface area contributed by atoms with Crippen LogP contribution in [0.3, 0.4) is 0 Å². The number of hydrogen-bond acceptors (Lipinski definition) is 4. The highest BCUT2D eigenvalue weighted by Crippen LogP contribution is 2.19. The molecule has 1 aliphatic rings. The Hall–Kier alpha value is -0.610.